The van der Waals surface area contributed by atoms with E-state index in [-0.39, 0.29) is 11.5 Å². The van der Waals surface area contributed by atoms with Crippen molar-refractivity contribution in [3.05, 3.63) is 64.4 Å². The van der Waals surface area contributed by atoms with Crippen molar-refractivity contribution in [3.63, 3.8) is 0 Å². The first kappa shape index (κ1) is 15.0. The third-order valence-electron chi connectivity index (χ3n) is 3.76. The Morgan fingerprint density at radius 2 is 2.22 bits per heavy atom. The summed E-state index contributed by atoms with van der Waals surface area (Å²) in [5, 5.41) is 4.37. The van der Waals surface area contributed by atoms with Crippen molar-refractivity contribution < 1.29 is 9.32 Å². The largest absolute Gasteiger partial charge is 0.384 e. The minimum atomic E-state index is -0.287. The highest BCUT2D eigenvalue weighted by atomic mass is 16.5. The number of rotatable bonds is 5. The molecular weight excluding hydrogens is 294 g/mol. The second kappa shape index (κ2) is 6.48. The molecule has 0 saturated heterocycles. The molecule has 6 heteroatoms. The van der Waals surface area contributed by atoms with Gasteiger partial charge in [0, 0.05) is 50.3 Å². The summed E-state index contributed by atoms with van der Waals surface area (Å²) in [6.45, 7) is 0.525. The molecule has 3 aromatic rings. The summed E-state index contributed by atoms with van der Waals surface area (Å²) in [4.78, 5) is 29.0. The summed E-state index contributed by atoms with van der Waals surface area (Å²) in [7, 11) is 1.77. The highest BCUT2D eigenvalue weighted by Gasteiger charge is 2.12. The zero-order valence-corrected chi connectivity index (χ0v) is 12.8. The topological polar surface area (TPSA) is 79.2 Å². The van der Waals surface area contributed by atoms with Gasteiger partial charge in [0.2, 0.25) is 5.91 Å². The number of nitrogens with zero attached hydrogens (tertiary/aromatic N) is 2. The van der Waals surface area contributed by atoms with E-state index in [1.165, 1.54) is 6.07 Å². The van der Waals surface area contributed by atoms with Gasteiger partial charge in [0.25, 0.3) is 5.56 Å². The van der Waals surface area contributed by atoms with E-state index in [4.69, 9.17) is 4.52 Å². The first-order chi connectivity index (χ1) is 11.1. The zero-order chi connectivity index (χ0) is 16.2. The van der Waals surface area contributed by atoms with Gasteiger partial charge >= 0.3 is 0 Å². The second-order valence-electron chi connectivity index (χ2n) is 5.44. The first-order valence-corrected chi connectivity index (χ1v) is 7.36. The Kier molecular flexibility index (Phi) is 4.23. The van der Waals surface area contributed by atoms with E-state index < -0.39 is 0 Å². The van der Waals surface area contributed by atoms with Gasteiger partial charge in [0.1, 0.15) is 5.76 Å². The van der Waals surface area contributed by atoms with Gasteiger partial charge in [-0.25, -0.2) is 0 Å². The summed E-state index contributed by atoms with van der Waals surface area (Å²) in [6.07, 6.45) is 4.27. The van der Waals surface area contributed by atoms with Gasteiger partial charge in [-0.3, -0.25) is 14.6 Å². The highest BCUT2D eigenvalue weighted by Crippen LogP contribution is 2.19. The number of carbonyl (C=O) groups is 1. The van der Waals surface area contributed by atoms with Crippen molar-refractivity contribution in [1.82, 2.24) is 15.0 Å². The molecule has 0 fully saturated rings. The second-order valence-corrected chi connectivity index (χ2v) is 5.44. The fourth-order valence-electron chi connectivity index (χ4n) is 2.54. The minimum Gasteiger partial charge on any atom is -0.384 e. The van der Waals surface area contributed by atoms with E-state index >= 15 is 0 Å². The van der Waals surface area contributed by atoms with Crippen molar-refractivity contribution in [1.29, 1.82) is 0 Å². The Bertz CT molecular complexity index is 876. The molecule has 0 spiro atoms. The number of aromatic amines is 1. The molecule has 0 saturated carbocycles. The van der Waals surface area contributed by atoms with Crippen LogP contribution in [0.1, 0.15) is 17.7 Å². The lowest BCUT2D eigenvalue weighted by molar-refractivity contribution is -0.130. The zero-order valence-electron chi connectivity index (χ0n) is 12.8. The predicted octanol–water partition coefficient (Wildman–Crippen LogP) is 2.11. The van der Waals surface area contributed by atoms with Crippen LogP contribution in [-0.4, -0.2) is 28.0 Å². The van der Waals surface area contributed by atoms with E-state index in [1.807, 2.05) is 30.5 Å². The quantitative estimate of drug-likeness (QED) is 0.782. The molecule has 1 N–H and O–H groups in total. The summed E-state index contributed by atoms with van der Waals surface area (Å²) >= 11 is 0. The monoisotopic (exact) mass is 311 g/mol. The van der Waals surface area contributed by atoms with Gasteiger partial charge in [-0.1, -0.05) is 18.2 Å². The van der Waals surface area contributed by atoms with Crippen molar-refractivity contribution >= 4 is 16.7 Å². The van der Waals surface area contributed by atoms with Crippen LogP contribution < -0.4 is 5.56 Å². The maximum Gasteiger partial charge on any atom is 0.280 e. The van der Waals surface area contributed by atoms with Crippen molar-refractivity contribution in [2.45, 2.75) is 19.4 Å². The molecular formula is C17H17N3O3. The van der Waals surface area contributed by atoms with E-state index in [9.17, 15) is 9.59 Å². The van der Waals surface area contributed by atoms with Gasteiger partial charge in [-0.15, -0.1) is 0 Å². The smallest absolute Gasteiger partial charge is 0.280 e. The van der Waals surface area contributed by atoms with Crippen LogP contribution in [0.25, 0.3) is 10.8 Å². The third kappa shape index (κ3) is 3.48. The van der Waals surface area contributed by atoms with Gasteiger partial charge in [0.05, 0.1) is 0 Å². The molecule has 0 radical (unpaired) electrons. The summed E-state index contributed by atoms with van der Waals surface area (Å²) < 4.78 is 4.96. The summed E-state index contributed by atoms with van der Waals surface area (Å²) in [5.74, 6) is 0.493. The van der Waals surface area contributed by atoms with Gasteiger partial charge < -0.3 is 9.42 Å². The molecule has 0 unspecified atom stereocenters. The predicted molar refractivity (Wildman–Crippen MR) is 85.9 cm³/mol. The van der Waals surface area contributed by atoms with Crippen LogP contribution in [0, 0.1) is 0 Å². The maximum atomic E-state index is 12.2. The van der Waals surface area contributed by atoms with Crippen LogP contribution in [0.3, 0.4) is 0 Å². The van der Waals surface area contributed by atoms with E-state index in [0.29, 0.717) is 25.1 Å². The number of aromatic nitrogens is 2. The molecule has 6 nitrogen and oxygen atoms in total. The highest BCUT2D eigenvalue weighted by molar-refractivity contribution is 5.85. The molecule has 0 aliphatic heterocycles. The number of H-pyrrole nitrogens is 1. The maximum absolute atomic E-state index is 12.2. The van der Waals surface area contributed by atoms with E-state index in [0.717, 1.165) is 16.3 Å². The Balaban J connectivity index is 1.66. The lowest BCUT2D eigenvalue weighted by atomic mass is 10.1. The summed E-state index contributed by atoms with van der Waals surface area (Å²) in [6, 6.07) is 9.30. The number of hydrogen-bond acceptors (Lipinski definition) is 4. The van der Waals surface area contributed by atoms with Crippen LogP contribution in [-0.2, 0) is 17.8 Å². The lowest BCUT2D eigenvalue weighted by Gasteiger charge is -2.18. The van der Waals surface area contributed by atoms with Crippen LogP contribution in [0.15, 0.2) is 52.0 Å². The van der Waals surface area contributed by atoms with Gasteiger partial charge in [-0.2, -0.15) is 5.16 Å². The average molecular weight is 311 g/mol. The Labute approximate surface area is 132 Å². The average Bonchev–Trinajstić information content (AvgIpc) is 2.98. The normalized spacial score (nSPS) is 10.8. The standard InChI is InChI=1S/C17H17N3O3/c1-20(17(22)6-5-14-9-16(21)19-23-14)11-13-4-2-3-12-10-18-8-7-15(12)13/h2-4,7-10H,5-6,11H2,1H3,(H,19,21). The number of nitrogens with one attached hydrogen (secondary N) is 1. The SMILES string of the molecule is CN(Cc1cccc2cnccc12)C(=O)CCc1cc(=O)[nH]o1. The molecule has 0 atom stereocenters. The molecule has 0 bridgehead atoms. The Morgan fingerprint density at radius 3 is 3.00 bits per heavy atom. The number of aryl methyl sites for hydroxylation is 1. The van der Waals surface area contributed by atoms with Crippen LogP contribution in [0.2, 0.25) is 0 Å². The van der Waals surface area contributed by atoms with E-state index in [2.05, 4.69) is 10.1 Å². The number of amides is 1. The van der Waals surface area contributed by atoms with Crippen molar-refractivity contribution in [3.8, 4) is 0 Å². The summed E-state index contributed by atoms with van der Waals surface area (Å²) in [5.41, 5.74) is 0.791. The number of benzene rings is 1. The van der Waals surface area contributed by atoms with E-state index in [1.54, 1.807) is 18.1 Å². The molecule has 2 heterocycles. The molecule has 0 aliphatic rings. The van der Waals surface area contributed by atoms with Crippen LogP contribution in [0.4, 0.5) is 0 Å². The molecule has 23 heavy (non-hydrogen) atoms. The first-order valence-electron chi connectivity index (χ1n) is 7.36. The molecule has 118 valence electrons. The van der Waals surface area contributed by atoms with Gasteiger partial charge in [-0.05, 0) is 17.0 Å². The molecule has 1 aromatic carbocycles. The van der Waals surface area contributed by atoms with Crippen molar-refractivity contribution in [2.75, 3.05) is 7.05 Å². The fraction of sp³-hybridized carbons (Fsp3) is 0.235. The Hall–Kier alpha value is -2.89. The minimum absolute atomic E-state index is 0.0000850. The Morgan fingerprint density at radius 1 is 1.35 bits per heavy atom. The number of carbonyl (C=O) groups excluding carboxylic acids is 1. The molecule has 3 rings (SSSR count). The number of fused-ring (bicyclic) bond motifs is 1. The molecule has 2 aromatic heterocycles. The van der Waals surface area contributed by atoms with Crippen LogP contribution in [0.5, 0.6) is 0 Å². The number of hydrogen-bond donors (Lipinski definition) is 1. The van der Waals surface area contributed by atoms with Crippen LogP contribution >= 0.6 is 0 Å². The number of pyridine rings is 1. The third-order valence-corrected chi connectivity index (χ3v) is 3.76. The van der Waals surface area contributed by atoms with Crippen molar-refractivity contribution in [2.24, 2.45) is 0 Å². The lowest BCUT2D eigenvalue weighted by Crippen LogP contribution is -2.26. The molecule has 0 aliphatic carbocycles. The van der Waals surface area contributed by atoms with Gasteiger partial charge in [0.15, 0.2) is 0 Å². The fourth-order valence-corrected chi connectivity index (χ4v) is 2.54. The molecule has 1 amide bonds.